The molecule has 5 N–H and O–H groups in total. The number of allylic oxidation sites excluding steroid dienone is 1. The van der Waals surface area contributed by atoms with E-state index >= 15 is 0 Å². The van der Waals surface area contributed by atoms with Crippen molar-refractivity contribution in [3.8, 4) is 0 Å². The number of rotatable bonds is 7. The molecular formula is C31H50O8. The van der Waals surface area contributed by atoms with Crippen LogP contribution in [0.2, 0.25) is 0 Å². The number of ketones is 1. The van der Waals surface area contributed by atoms with Crippen LogP contribution in [-0.2, 0) is 14.3 Å². The molecule has 3 saturated carbocycles. The van der Waals surface area contributed by atoms with E-state index in [2.05, 4.69) is 20.8 Å². The van der Waals surface area contributed by atoms with E-state index in [1.807, 2.05) is 0 Å². The summed E-state index contributed by atoms with van der Waals surface area (Å²) in [4.78, 5) is 13.5. The van der Waals surface area contributed by atoms with Crippen molar-refractivity contribution in [1.82, 2.24) is 0 Å². The fourth-order valence-electron chi connectivity index (χ4n) is 9.53. The summed E-state index contributed by atoms with van der Waals surface area (Å²) in [7, 11) is 0. The van der Waals surface area contributed by atoms with Crippen molar-refractivity contribution in [2.75, 3.05) is 6.61 Å². The van der Waals surface area contributed by atoms with Crippen molar-refractivity contribution < 1.29 is 39.8 Å². The standard InChI is InChI=1S/C31H50O8/c1-27(2,36)11-10-25-30(5,39-26(38-25)7-6-14-32)24-9-13-31(37)19-15-21(33)20-16-22(34)23(35)17-28(20,3)18(19)8-12-29(24,31)4/h15,18,20,22-26,32,34-37H,6-14,16-17H2,1-5H3/t18-,20-,22+,23-,24-,25+,26+,28+,29+,30+,31+/m0/s1. The molecule has 1 saturated heterocycles. The third kappa shape index (κ3) is 4.57. The molecule has 5 aliphatic rings. The molecule has 4 fully saturated rings. The van der Waals surface area contributed by atoms with Crippen molar-refractivity contribution in [1.29, 1.82) is 0 Å². The SMILES string of the molecule is CC(C)(O)CC[C@H]1O[C@@H](CCCO)O[C@]1(C)[C@H]1CC[C@@]2(O)C3=CC(=O)[C@@H]4C[C@@H](O)[C@@H](O)C[C@]4(C)[C@H]3CC[C@]12C. The van der Waals surface area contributed by atoms with Crippen molar-refractivity contribution in [3.63, 3.8) is 0 Å². The van der Waals surface area contributed by atoms with E-state index in [0.29, 0.717) is 38.5 Å². The molecule has 8 heteroatoms. The van der Waals surface area contributed by atoms with Crippen molar-refractivity contribution >= 4 is 5.78 Å². The van der Waals surface area contributed by atoms with Gasteiger partial charge in [-0.25, -0.2) is 0 Å². The van der Waals surface area contributed by atoms with E-state index in [4.69, 9.17) is 9.47 Å². The molecule has 0 radical (unpaired) electrons. The predicted molar refractivity (Wildman–Crippen MR) is 144 cm³/mol. The Hall–Kier alpha value is -0.870. The zero-order valence-electron chi connectivity index (χ0n) is 24.4. The third-order valence-corrected chi connectivity index (χ3v) is 11.8. The summed E-state index contributed by atoms with van der Waals surface area (Å²) >= 11 is 0. The van der Waals surface area contributed by atoms with Gasteiger partial charge in [-0.15, -0.1) is 0 Å². The van der Waals surface area contributed by atoms with Gasteiger partial charge in [0.2, 0.25) is 0 Å². The van der Waals surface area contributed by atoms with E-state index in [-0.39, 0.29) is 42.7 Å². The second-order valence-corrected chi connectivity index (χ2v) is 14.7. The summed E-state index contributed by atoms with van der Waals surface area (Å²) in [6.07, 6.45) is 4.92. The monoisotopic (exact) mass is 550 g/mol. The molecule has 222 valence electrons. The highest BCUT2D eigenvalue weighted by Gasteiger charge is 2.70. The van der Waals surface area contributed by atoms with Crippen molar-refractivity contribution in [2.24, 2.45) is 28.6 Å². The second-order valence-electron chi connectivity index (χ2n) is 14.7. The first-order valence-corrected chi connectivity index (χ1v) is 15.1. The smallest absolute Gasteiger partial charge is 0.159 e. The van der Waals surface area contributed by atoms with Gasteiger partial charge < -0.3 is 35.0 Å². The number of hydrogen-bond donors (Lipinski definition) is 5. The Morgan fingerprint density at radius 1 is 1.05 bits per heavy atom. The van der Waals surface area contributed by atoms with Crippen LogP contribution in [0.4, 0.5) is 0 Å². The van der Waals surface area contributed by atoms with Crippen LogP contribution in [0, 0.1) is 28.6 Å². The van der Waals surface area contributed by atoms with Gasteiger partial charge >= 0.3 is 0 Å². The molecule has 1 aliphatic heterocycles. The molecule has 5 rings (SSSR count). The van der Waals surface area contributed by atoms with Gasteiger partial charge in [-0.2, -0.15) is 0 Å². The largest absolute Gasteiger partial charge is 0.396 e. The first-order chi connectivity index (χ1) is 18.1. The molecular weight excluding hydrogens is 500 g/mol. The molecule has 4 aliphatic carbocycles. The lowest BCUT2D eigenvalue weighted by molar-refractivity contribution is -0.168. The summed E-state index contributed by atoms with van der Waals surface area (Å²) in [6, 6.07) is 0. The minimum atomic E-state index is -1.18. The van der Waals surface area contributed by atoms with Crippen molar-refractivity contribution in [2.45, 2.75) is 140 Å². The van der Waals surface area contributed by atoms with Crippen LogP contribution >= 0.6 is 0 Å². The molecule has 0 bridgehead atoms. The third-order valence-electron chi connectivity index (χ3n) is 11.8. The molecule has 0 spiro atoms. The first-order valence-electron chi connectivity index (χ1n) is 15.1. The lowest BCUT2D eigenvalue weighted by Gasteiger charge is -2.60. The fourth-order valence-corrected chi connectivity index (χ4v) is 9.53. The van der Waals surface area contributed by atoms with Gasteiger partial charge in [-0.05, 0) is 107 Å². The summed E-state index contributed by atoms with van der Waals surface area (Å²) < 4.78 is 13.1. The maximum absolute atomic E-state index is 13.5. The van der Waals surface area contributed by atoms with Crippen LogP contribution in [0.25, 0.3) is 0 Å². The van der Waals surface area contributed by atoms with Crippen LogP contribution in [0.15, 0.2) is 11.6 Å². The molecule has 0 aromatic rings. The maximum Gasteiger partial charge on any atom is 0.159 e. The molecule has 0 aromatic heterocycles. The highest BCUT2D eigenvalue weighted by molar-refractivity contribution is 5.95. The molecule has 0 aromatic carbocycles. The van der Waals surface area contributed by atoms with Gasteiger partial charge in [0.25, 0.3) is 0 Å². The average Bonchev–Trinajstić information content (AvgIpc) is 3.31. The number of fused-ring (bicyclic) bond motifs is 5. The van der Waals surface area contributed by atoms with Crippen LogP contribution < -0.4 is 0 Å². The fraction of sp³-hybridized carbons (Fsp3) is 0.903. The Balaban J connectivity index is 1.48. The van der Waals surface area contributed by atoms with Gasteiger partial charge in [0.05, 0.1) is 35.1 Å². The van der Waals surface area contributed by atoms with E-state index in [1.54, 1.807) is 19.9 Å². The van der Waals surface area contributed by atoms with Crippen LogP contribution in [0.3, 0.4) is 0 Å². The van der Waals surface area contributed by atoms with Gasteiger partial charge in [0, 0.05) is 24.4 Å². The molecule has 0 amide bonds. The molecule has 11 atom stereocenters. The Kier molecular flexibility index (Phi) is 7.48. The average molecular weight is 551 g/mol. The van der Waals surface area contributed by atoms with Crippen LogP contribution in [0.5, 0.6) is 0 Å². The summed E-state index contributed by atoms with van der Waals surface area (Å²) in [5, 5.41) is 53.4. The minimum Gasteiger partial charge on any atom is -0.396 e. The number of carbonyl (C=O) groups excluding carboxylic acids is 1. The number of carbonyl (C=O) groups is 1. The number of aliphatic hydroxyl groups excluding tert-OH is 3. The van der Waals surface area contributed by atoms with Gasteiger partial charge in [0.1, 0.15) is 0 Å². The molecule has 39 heavy (non-hydrogen) atoms. The highest BCUT2D eigenvalue weighted by atomic mass is 16.7. The van der Waals surface area contributed by atoms with E-state index in [0.717, 1.165) is 24.8 Å². The van der Waals surface area contributed by atoms with Crippen LogP contribution in [0.1, 0.15) is 98.8 Å². The Morgan fingerprint density at radius 3 is 2.44 bits per heavy atom. The van der Waals surface area contributed by atoms with E-state index < -0.39 is 46.1 Å². The Labute approximate surface area is 232 Å². The van der Waals surface area contributed by atoms with Gasteiger partial charge in [0.15, 0.2) is 12.1 Å². The molecule has 1 heterocycles. The second kappa shape index (κ2) is 9.85. The zero-order valence-corrected chi connectivity index (χ0v) is 24.4. The normalized spacial score (nSPS) is 49.8. The van der Waals surface area contributed by atoms with Crippen molar-refractivity contribution in [3.05, 3.63) is 11.6 Å². The van der Waals surface area contributed by atoms with Gasteiger partial charge in [-0.1, -0.05) is 13.8 Å². The molecule has 8 nitrogen and oxygen atoms in total. The van der Waals surface area contributed by atoms with E-state index in [1.165, 1.54) is 0 Å². The maximum atomic E-state index is 13.5. The number of ether oxygens (including phenoxy) is 2. The Bertz CT molecular complexity index is 990. The Morgan fingerprint density at radius 2 is 1.77 bits per heavy atom. The van der Waals surface area contributed by atoms with E-state index in [9.17, 15) is 30.3 Å². The van der Waals surface area contributed by atoms with Gasteiger partial charge in [-0.3, -0.25) is 4.79 Å². The summed E-state index contributed by atoms with van der Waals surface area (Å²) in [5.74, 6) is -0.467. The summed E-state index contributed by atoms with van der Waals surface area (Å²) in [5.41, 5.74) is -2.98. The molecule has 0 unspecified atom stereocenters. The first kappa shape index (κ1) is 29.6. The van der Waals surface area contributed by atoms with Crippen LogP contribution in [-0.4, -0.2) is 79.3 Å². The lowest BCUT2D eigenvalue weighted by Crippen LogP contribution is -2.62. The quantitative estimate of drug-likeness (QED) is 0.326. The number of aliphatic hydroxyl groups is 5. The minimum absolute atomic E-state index is 0.0315. The lowest BCUT2D eigenvalue weighted by atomic mass is 9.45. The topological polar surface area (TPSA) is 137 Å². The number of hydrogen-bond acceptors (Lipinski definition) is 8. The highest BCUT2D eigenvalue weighted by Crippen LogP contribution is 2.69. The summed E-state index contributed by atoms with van der Waals surface area (Å²) in [6.45, 7) is 9.94. The predicted octanol–water partition coefficient (Wildman–Crippen LogP) is 3.01. The zero-order chi connectivity index (χ0) is 28.6.